The number of pyridine rings is 1. The fourth-order valence-electron chi connectivity index (χ4n) is 1.45. The van der Waals surface area contributed by atoms with Gasteiger partial charge < -0.3 is 4.98 Å². The van der Waals surface area contributed by atoms with E-state index in [9.17, 15) is 0 Å². The fourth-order valence-corrected chi connectivity index (χ4v) is 1.72. The molecule has 2 aromatic heterocycles. The predicted octanol–water partition coefficient (Wildman–Crippen LogP) is 2.59. The number of aromatic nitrogens is 3. The van der Waals surface area contributed by atoms with Gasteiger partial charge in [0.05, 0.1) is 5.52 Å². The van der Waals surface area contributed by atoms with Crippen LogP contribution in [0.25, 0.3) is 11.2 Å². The Labute approximate surface area is 87.1 Å². The lowest BCUT2D eigenvalue weighted by molar-refractivity contribution is 0.824. The Balaban J connectivity index is 2.76. The van der Waals surface area contributed by atoms with E-state index in [1.807, 2.05) is 29.8 Å². The van der Waals surface area contributed by atoms with E-state index in [0.717, 1.165) is 16.7 Å². The zero-order chi connectivity index (χ0) is 10.1. The molecule has 0 aromatic carbocycles. The molecule has 0 unspecified atom stereocenters. The monoisotopic (exact) mass is 205 g/mol. The molecule has 0 saturated heterocycles. The number of hydrogen-bond donors (Lipinski definition) is 1. The summed E-state index contributed by atoms with van der Waals surface area (Å²) in [5.41, 5.74) is 3.00. The zero-order valence-corrected chi connectivity index (χ0v) is 8.77. The molecule has 0 atom stereocenters. The second-order valence-corrected chi connectivity index (χ2v) is 3.60. The van der Waals surface area contributed by atoms with Crippen molar-refractivity contribution in [2.24, 2.45) is 0 Å². The van der Waals surface area contributed by atoms with Crippen molar-refractivity contribution in [2.75, 3.05) is 0 Å². The summed E-state index contributed by atoms with van der Waals surface area (Å²) >= 11 is 5.18. The third-order valence-electron chi connectivity index (χ3n) is 2.06. The van der Waals surface area contributed by atoms with Crippen molar-refractivity contribution in [1.29, 1.82) is 0 Å². The van der Waals surface area contributed by atoms with Gasteiger partial charge in [0.15, 0.2) is 10.4 Å². The largest absolute Gasteiger partial charge is 0.329 e. The van der Waals surface area contributed by atoms with E-state index in [4.69, 9.17) is 12.2 Å². The number of hydrogen-bond acceptors (Lipinski definition) is 2. The van der Waals surface area contributed by atoms with Crippen molar-refractivity contribution in [3.63, 3.8) is 0 Å². The van der Waals surface area contributed by atoms with Gasteiger partial charge in [0.2, 0.25) is 0 Å². The number of H-pyrrole nitrogens is 1. The number of fused-ring (bicyclic) bond motifs is 1. The van der Waals surface area contributed by atoms with Crippen LogP contribution >= 0.6 is 12.2 Å². The van der Waals surface area contributed by atoms with E-state index < -0.39 is 0 Å². The van der Waals surface area contributed by atoms with Crippen LogP contribution in [0, 0.1) is 11.7 Å². The highest BCUT2D eigenvalue weighted by Gasteiger charge is 2.03. The molecule has 0 radical (unpaired) electrons. The molecule has 2 rings (SSSR count). The Morgan fingerprint density at radius 2 is 2.50 bits per heavy atom. The number of nitrogens with one attached hydrogen (secondary N) is 1. The van der Waals surface area contributed by atoms with Crippen LogP contribution in [0.2, 0.25) is 0 Å². The Kier molecular flexibility index (Phi) is 2.21. The van der Waals surface area contributed by atoms with Gasteiger partial charge in [-0.2, -0.15) is 0 Å². The van der Waals surface area contributed by atoms with Gasteiger partial charge in [-0.05, 0) is 30.8 Å². The number of rotatable bonds is 2. The minimum absolute atomic E-state index is 0.689. The quantitative estimate of drug-likeness (QED) is 0.604. The van der Waals surface area contributed by atoms with Crippen LogP contribution in [0.1, 0.15) is 5.56 Å². The number of nitrogens with zero attached hydrogens (tertiary/aromatic N) is 2. The number of aromatic amines is 1. The van der Waals surface area contributed by atoms with E-state index in [-0.39, 0.29) is 0 Å². The Bertz CT molecular complexity index is 536. The highest BCUT2D eigenvalue weighted by molar-refractivity contribution is 7.71. The topological polar surface area (TPSA) is 33.6 Å². The normalized spacial score (nSPS) is 10.6. The first-order valence-corrected chi connectivity index (χ1v) is 4.79. The average molecular weight is 205 g/mol. The van der Waals surface area contributed by atoms with Crippen molar-refractivity contribution in [2.45, 2.75) is 13.5 Å². The molecule has 1 N–H and O–H groups in total. The molecule has 0 aliphatic heterocycles. The van der Waals surface area contributed by atoms with E-state index in [1.165, 1.54) is 0 Å². The number of aryl methyl sites for hydroxylation is 1. The number of allylic oxidation sites excluding steroid dienone is 1. The molecule has 72 valence electrons. The second-order valence-electron chi connectivity index (χ2n) is 3.21. The molecular weight excluding hydrogens is 194 g/mol. The lowest BCUT2D eigenvalue weighted by Gasteiger charge is -1.98. The summed E-state index contributed by atoms with van der Waals surface area (Å²) in [5, 5.41) is 0. The maximum Gasteiger partial charge on any atom is 0.179 e. The zero-order valence-electron chi connectivity index (χ0n) is 7.95. The predicted molar refractivity (Wildman–Crippen MR) is 59.9 cm³/mol. The van der Waals surface area contributed by atoms with Gasteiger partial charge in [-0.25, -0.2) is 4.98 Å². The molecular formula is C10H11N3S. The second kappa shape index (κ2) is 3.38. The van der Waals surface area contributed by atoms with Crippen molar-refractivity contribution in [3.8, 4) is 0 Å². The SMILES string of the molecule is C=CCn1c(=S)[nH]c2cc(C)cnc21. The van der Waals surface area contributed by atoms with Crippen molar-refractivity contribution < 1.29 is 0 Å². The highest BCUT2D eigenvalue weighted by atomic mass is 32.1. The molecule has 4 heteroatoms. The van der Waals surface area contributed by atoms with Crippen LogP contribution in [-0.4, -0.2) is 14.5 Å². The van der Waals surface area contributed by atoms with Crippen LogP contribution in [0.15, 0.2) is 24.9 Å². The average Bonchev–Trinajstić information content (AvgIpc) is 2.43. The third kappa shape index (κ3) is 1.37. The molecule has 0 aliphatic rings. The van der Waals surface area contributed by atoms with Crippen molar-refractivity contribution in [1.82, 2.24) is 14.5 Å². The maximum atomic E-state index is 5.18. The summed E-state index contributed by atoms with van der Waals surface area (Å²) in [7, 11) is 0. The van der Waals surface area contributed by atoms with Gasteiger partial charge in [-0.15, -0.1) is 6.58 Å². The molecule has 0 aliphatic carbocycles. The molecule has 0 spiro atoms. The molecule has 14 heavy (non-hydrogen) atoms. The molecule has 3 nitrogen and oxygen atoms in total. The van der Waals surface area contributed by atoms with Crippen LogP contribution < -0.4 is 0 Å². The summed E-state index contributed by atoms with van der Waals surface area (Å²) in [6, 6.07) is 2.04. The minimum Gasteiger partial charge on any atom is -0.329 e. The van der Waals surface area contributed by atoms with E-state index in [0.29, 0.717) is 11.3 Å². The first-order valence-electron chi connectivity index (χ1n) is 4.38. The van der Waals surface area contributed by atoms with Crippen LogP contribution in [0.3, 0.4) is 0 Å². The van der Waals surface area contributed by atoms with E-state index in [2.05, 4.69) is 16.5 Å². The van der Waals surface area contributed by atoms with Gasteiger partial charge >= 0.3 is 0 Å². The van der Waals surface area contributed by atoms with Crippen LogP contribution in [0.4, 0.5) is 0 Å². The molecule has 2 aromatic rings. The van der Waals surface area contributed by atoms with E-state index >= 15 is 0 Å². The van der Waals surface area contributed by atoms with Crippen molar-refractivity contribution >= 4 is 23.4 Å². The Morgan fingerprint density at radius 3 is 3.21 bits per heavy atom. The summed E-state index contributed by atoms with van der Waals surface area (Å²) in [6.07, 6.45) is 3.65. The number of imidazole rings is 1. The van der Waals surface area contributed by atoms with E-state index in [1.54, 1.807) is 0 Å². The molecule has 0 saturated carbocycles. The summed E-state index contributed by atoms with van der Waals surface area (Å²) in [6.45, 7) is 6.39. The molecule has 0 fully saturated rings. The van der Waals surface area contributed by atoms with Gasteiger partial charge in [0.1, 0.15) is 0 Å². The summed E-state index contributed by atoms with van der Waals surface area (Å²) < 4.78 is 2.62. The smallest absolute Gasteiger partial charge is 0.179 e. The van der Waals surface area contributed by atoms with Gasteiger partial charge in [-0.3, -0.25) is 4.57 Å². The van der Waals surface area contributed by atoms with Gasteiger partial charge in [0.25, 0.3) is 0 Å². The standard InChI is InChI=1S/C10H11N3S/c1-3-4-13-9-8(12-10(13)14)5-7(2)6-11-9/h3,5-6H,1,4H2,2H3,(H,12,14). The van der Waals surface area contributed by atoms with Crippen LogP contribution in [-0.2, 0) is 6.54 Å². The summed E-state index contributed by atoms with van der Waals surface area (Å²) in [5.74, 6) is 0. The maximum absolute atomic E-state index is 5.18. The first kappa shape index (κ1) is 9.15. The highest BCUT2D eigenvalue weighted by Crippen LogP contribution is 2.12. The molecule has 0 bridgehead atoms. The first-order chi connectivity index (χ1) is 6.72. The third-order valence-corrected chi connectivity index (χ3v) is 2.38. The van der Waals surface area contributed by atoms with Gasteiger partial charge in [-0.1, -0.05) is 6.08 Å². The van der Waals surface area contributed by atoms with Crippen molar-refractivity contribution in [3.05, 3.63) is 35.3 Å². The molecule has 2 heterocycles. The lowest BCUT2D eigenvalue weighted by atomic mass is 10.3. The fraction of sp³-hybridized carbons (Fsp3) is 0.200. The van der Waals surface area contributed by atoms with Gasteiger partial charge in [0, 0.05) is 12.7 Å². The summed E-state index contributed by atoms with van der Waals surface area (Å²) in [4.78, 5) is 7.46. The molecule has 0 amide bonds. The van der Waals surface area contributed by atoms with Crippen LogP contribution in [0.5, 0.6) is 0 Å². The minimum atomic E-state index is 0.689. The Hall–Kier alpha value is -1.42. The lowest BCUT2D eigenvalue weighted by Crippen LogP contribution is -1.95. The Morgan fingerprint density at radius 1 is 1.71 bits per heavy atom.